The molecule has 0 amide bonds. The molecular weight excluding hydrogens is 483 g/mol. The maximum absolute atomic E-state index is 14.9. The van der Waals surface area contributed by atoms with Crippen LogP contribution in [-0.2, 0) is 11.4 Å². The van der Waals surface area contributed by atoms with Gasteiger partial charge in [0.05, 0.1) is 36.8 Å². The van der Waals surface area contributed by atoms with E-state index in [1.165, 1.54) is 13.2 Å². The van der Waals surface area contributed by atoms with E-state index in [4.69, 9.17) is 14.5 Å². The highest BCUT2D eigenvalue weighted by atomic mass is 19.1. The second kappa shape index (κ2) is 11.0. The third-order valence-electron chi connectivity index (χ3n) is 6.80. The minimum absolute atomic E-state index is 0.0131. The summed E-state index contributed by atoms with van der Waals surface area (Å²) in [5.41, 5.74) is 4.69. The van der Waals surface area contributed by atoms with Crippen LogP contribution in [0.15, 0.2) is 72.9 Å². The molecule has 3 aromatic carbocycles. The zero-order chi connectivity index (χ0) is 26.6. The maximum atomic E-state index is 14.9. The summed E-state index contributed by atoms with van der Waals surface area (Å²) < 4.78 is 26.3. The van der Waals surface area contributed by atoms with Gasteiger partial charge in [-0.2, -0.15) is 0 Å². The van der Waals surface area contributed by atoms with Crippen molar-refractivity contribution < 1.29 is 23.8 Å². The standard InChI is InChI=1S/C31H29FN2O4/c1-19-5-3-7-22(13-19)30-31(27-15-24(37-2)11-12-28(27)32)33-17-23(34-30)18-38-25-8-4-6-21(14-25)26(16-29(35)36)20-9-10-20/h3-8,11-15,17,20,26H,9-10,16,18H2,1-2H3,(H,35,36)/t26-/m0/s1. The maximum Gasteiger partial charge on any atom is 0.303 e. The van der Waals surface area contributed by atoms with Crippen molar-refractivity contribution in [2.75, 3.05) is 7.11 Å². The van der Waals surface area contributed by atoms with Gasteiger partial charge in [0.2, 0.25) is 0 Å². The zero-order valence-electron chi connectivity index (χ0n) is 21.4. The Hall–Kier alpha value is -4.26. The molecule has 7 heteroatoms. The second-order valence-electron chi connectivity index (χ2n) is 9.68. The van der Waals surface area contributed by atoms with Gasteiger partial charge in [-0.3, -0.25) is 9.78 Å². The molecule has 0 radical (unpaired) electrons. The molecule has 4 aromatic rings. The fraction of sp³-hybridized carbons (Fsp3) is 0.258. The Morgan fingerprint density at radius 1 is 1.05 bits per heavy atom. The average Bonchev–Trinajstić information content (AvgIpc) is 3.76. The number of carboxylic acid groups (broad SMARTS) is 1. The summed E-state index contributed by atoms with van der Waals surface area (Å²) in [6.07, 6.45) is 3.82. The van der Waals surface area contributed by atoms with Crippen LogP contribution in [0, 0.1) is 18.7 Å². The van der Waals surface area contributed by atoms with E-state index in [1.54, 1.807) is 18.3 Å². The molecule has 1 aliphatic rings. The molecule has 0 saturated heterocycles. The number of carbonyl (C=O) groups is 1. The Morgan fingerprint density at radius 2 is 1.87 bits per heavy atom. The van der Waals surface area contributed by atoms with E-state index in [9.17, 15) is 14.3 Å². The molecule has 1 aromatic heterocycles. The number of aryl methyl sites for hydroxylation is 1. The van der Waals surface area contributed by atoms with Crippen LogP contribution in [-0.4, -0.2) is 28.2 Å². The van der Waals surface area contributed by atoms with Crippen LogP contribution in [0.2, 0.25) is 0 Å². The molecule has 0 bridgehead atoms. The van der Waals surface area contributed by atoms with Gasteiger partial charge >= 0.3 is 5.97 Å². The summed E-state index contributed by atoms with van der Waals surface area (Å²) in [6, 6.07) is 20.0. The van der Waals surface area contributed by atoms with Crippen molar-refractivity contribution >= 4 is 5.97 Å². The summed E-state index contributed by atoms with van der Waals surface area (Å²) in [6.45, 7) is 2.14. The van der Waals surface area contributed by atoms with Gasteiger partial charge in [-0.05, 0) is 73.6 Å². The third-order valence-corrected chi connectivity index (χ3v) is 6.80. The molecule has 1 heterocycles. The molecular formula is C31H29FN2O4. The average molecular weight is 513 g/mol. The van der Waals surface area contributed by atoms with Gasteiger partial charge in [0.25, 0.3) is 0 Å². The van der Waals surface area contributed by atoms with Crippen LogP contribution < -0.4 is 9.47 Å². The SMILES string of the molecule is COc1ccc(F)c(-c2ncc(COc3cccc([C@@H](CC(=O)O)C4CC4)c3)nc2-c2cccc(C)c2)c1. The highest BCUT2D eigenvalue weighted by molar-refractivity contribution is 5.79. The lowest BCUT2D eigenvalue weighted by atomic mass is 9.91. The Kier molecular flexibility index (Phi) is 7.36. The highest BCUT2D eigenvalue weighted by Gasteiger charge is 2.33. The summed E-state index contributed by atoms with van der Waals surface area (Å²) in [5.74, 6) is 0.356. The van der Waals surface area contributed by atoms with Crippen LogP contribution in [0.25, 0.3) is 22.5 Å². The van der Waals surface area contributed by atoms with Crippen LogP contribution >= 0.6 is 0 Å². The lowest BCUT2D eigenvalue weighted by molar-refractivity contribution is -0.137. The van der Waals surface area contributed by atoms with Crippen molar-refractivity contribution in [2.24, 2.45) is 5.92 Å². The van der Waals surface area contributed by atoms with Crippen LogP contribution in [0.4, 0.5) is 4.39 Å². The first kappa shape index (κ1) is 25.4. The van der Waals surface area contributed by atoms with Gasteiger partial charge in [-0.15, -0.1) is 0 Å². The molecule has 1 saturated carbocycles. The van der Waals surface area contributed by atoms with Gasteiger partial charge in [-0.25, -0.2) is 9.37 Å². The molecule has 6 nitrogen and oxygen atoms in total. The minimum Gasteiger partial charge on any atom is -0.497 e. The van der Waals surface area contributed by atoms with Crippen molar-refractivity contribution in [1.82, 2.24) is 9.97 Å². The topological polar surface area (TPSA) is 81.5 Å². The van der Waals surface area contributed by atoms with E-state index < -0.39 is 11.8 Å². The fourth-order valence-corrected chi connectivity index (χ4v) is 4.73. The third kappa shape index (κ3) is 5.83. The molecule has 1 fully saturated rings. The van der Waals surface area contributed by atoms with Crippen LogP contribution in [0.3, 0.4) is 0 Å². The highest BCUT2D eigenvalue weighted by Crippen LogP contribution is 2.45. The molecule has 0 unspecified atom stereocenters. The van der Waals surface area contributed by atoms with E-state index in [-0.39, 0.29) is 18.9 Å². The number of hydrogen-bond acceptors (Lipinski definition) is 5. The van der Waals surface area contributed by atoms with Crippen molar-refractivity contribution in [3.63, 3.8) is 0 Å². The van der Waals surface area contributed by atoms with Gasteiger partial charge < -0.3 is 14.6 Å². The van der Waals surface area contributed by atoms with Crippen molar-refractivity contribution in [3.05, 3.63) is 95.6 Å². The zero-order valence-corrected chi connectivity index (χ0v) is 21.4. The van der Waals surface area contributed by atoms with Crippen molar-refractivity contribution in [2.45, 2.75) is 38.7 Å². The predicted molar refractivity (Wildman–Crippen MR) is 143 cm³/mol. The van der Waals surface area contributed by atoms with Crippen molar-refractivity contribution in [3.8, 4) is 34.0 Å². The molecule has 0 spiro atoms. The molecule has 1 aliphatic carbocycles. The number of halogens is 1. The largest absolute Gasteiger partial charge is 0.497 e. The van der Waals surface area contributed by atoms with E-state index in [1.807, 2.05) is 55.5 Å². The monoisotopic (exact) mass is 512 g/mol. The number of benzene rings is 3. The smallest absolute Gasteiger partial charge is 0.303 e. The molecule has 5 rings (SSSR count). The molecule has 1 N–H and O–H groups in total. The number of ether oxygens (including phenoxy) is 2. The first-order valence-electron chi connectivity index (χ1n) is 12.6. The summed E-state index contributed by atoms with van der Waals surface area (Å²) >= 11 is 0. The first-order valence-corrected chi connectivity index (χ1v) is 12.6. The van der Waals surface area contributed by atoms with E-state index >= 15 is 0 Å². The van der Waals surface area contributed by atoms with E-state index in [0.29, 0.717) is 40.1 Å². The molecule has 38 heavy (non-hydrogen) atoms. The number of nitrogens with zero attached hydrogens (tertiary/aromatic N) is 2. The van der Waals surface area contributed by atoms with Crippen LogP contribution in [0.1, 0.15) is 42.0 Å². The summed E-state index contributed by atoms with van der Waals surface area (Å²) in [7, 11) is 1.54. The van der Waals surface area contributed by atoms with E-state index in [2.05, 4.69) is 4.98 Å². The van der Waals surface area contributed by atoms with Gasteiger partial charge in [0.15, 0.2) is 0 Å². The number of carboxylic acids is 1. The number of methoxy groups -OCH3 is 1. The Labute approximate surface area is 221 Å². The van der Waals surface area contributed by atoms with E-state index in [0.717, 1.165) is 29.5 Å². The molecule has 194 valence electrons. The number of aromatic nitrogens is 2. The summed E-state index contributed by atoms with van der Waals surface area (Å²) in [4.78, 5) is 20.8. The lowest BCUT2D eigenvalue weighted by Crippen LogP contribution is -2.09. The molecule has 0 aliphatic heterocycles. The Bertz CT molecular complexity index is 1470. The molecule has 1 atom stereocenters. The Morgan fingerprint density at radius 3 is 2.61 bits per heavy atom. The predicted octanol–water partition coefficient (Wildman–Crippen LogP) is 6.81. The lowest BCUT2D eigenvalue weighted by Gasteiger charge is -2.16. The second-order valence-corrected chi connectivity index (χ2v) is 9.68. The number of rotatable bonds is 10. The summed E-state index contributed by atoms with van der Waals surface area (Å²) in [5, 5.41) is 9.35. The normalized spacial score (nSPS) is 13.7. The van der Waals surface area contributed by atoms with Gasteiger partial charge in [0.1, 0.15) is 23.9 Å². The first-order chi connectivity index (χ1) is 18.4. The van der Waals surface area contributed by atoms with Crippen LogP contribution in [0.5, 0.6) is 11.5 Å². The number of hydrogen-bond donors (Lipinski definition) is 1. The Balaban J connectivity index is 1.45. The fourth-order valence-electron chi connectivity index (χ4n) is 4.73. The minimum atomic E-state index is -0.792. The van der Waals surface area contributed by atoms with Crippen molar-refractivity contribution in [1.29, 1.82) is 0 Å². The van der Waals surface area contributed by atoms with Gasteiger partial charge in [0, 0.05) is 11.1 Å². The number of aliphatic carboxylic acids is 1. The van der Waals surface area contributed by atoms with Gasteiger partial charge in [-0.1, -0.05) is 35.9 Å². The quantitative estimate of drug-likeness (QED) is 0.251.